The topological polar surface area (TPSA) is 63.7 Å². The monoisotopic (exact) mass is 317 g/mol. The Morgan fingerprint density at radius 3 is 2.38 bits per heavy atom. The summed E-state index contributed by atoms with van der Waals surface area (Å²) in [6.07, 6.45) is 6.20. The zero-order valence-electron chi connectivity index (χ0n) is 13.0. The summed E-state index contributed by atoms with van der Waals surface area (Å²) in [4.78, 5) is 14.3. The molecule has 0 aromatic rings. The number of ether oxygens (including phenoxy) is 1. The predicted molar refractivity (Wildman–Crippen MR) is 81.9 cm³/mol. The number of likely N-dealkylation sites (tertiary alicyclic amines) is 1. The van der Waals surface area contributed by atoms with Crippen molar-refractivity contribution < 1.29 is 17.9 Å². The van der Waals surface area contributed by atoms with Gasteiger partial charge in [0.2, 0.25) is 0 Å². The Labute approximate surface area is 127 Å². The number of rotatable bonds is 4. The molecule has 5 nitrogen and oxygen atoms in total. The molecule has 1 unspecified atom stereocenters. The molecule has 0 aromatic carbocycles. The minimum Gasteiger partial charge on any atom is -0.466 e. The Bertz CT molecular complexity index is 454. The Balaban J connectivity index is 2.21. The molecule has 2 heterocycles. The molecule has 21 heavy (non-hydrogen) atoms. The Morgan fingerprint density at radius 2 is 1.81 bits per heavy atom. The molecule has 2 saturated heterocycles. The third-order valence-corrected chi connectivity index (χ3v) is 6.53. The second-order valence-corrected chi connectivity index (χ2v) is 8.49. The van der Waals surface area contributed by atoms with Gasteiger partial charge in [0.05, 0.1) is 24.5 Å². The summed E-state index contributed by atoms with van der Waals surface area (Å²) in [5.74, 6) is 0.100. The van der Waals surface area contributed by atoms with Gasteiger partial charge in [-0.3, -0.25) is 9.69 Å². The van der Waals surface area contributed by atoms with Gasteiger partial charge >= 0.3 is 5.97 Å². The molecule has 2 rings (SSSR count). The highest BCUT2D eigenvalue weighted by atomic mass is 32.2. The van der Waals surface area contributed by atoms with Crippen LogP contribution in [0.3, 0.4) is 0 Å². The van der Waals surface area contributed by atoms with Crippen molar-refractivity contribution in [3.05, 3.63) is 0 Å². The molecular weight excluding hydrogens is 290 g/mol. The van der Waals surface area contributed by atoms with E-state index < -0.39 is 15.4 Å². The van der Waals surface area contributed by atoms with Crippen LogP contribution in [-0.2, 0) is 19.4 Å². The number of hydrogen-bond acceptors (Lipinski definition) is 5. The van der Waals surface area contributed by atoms with Crippen LogP contribution >= 0.6 is 0 Å². The highest BCUT2D eigenvalue weighted by Gasteiger charge is 2.45. The van der Waals surface area contributed by atoms with Crippen molar-refractivity contribution in [2.24, 2.45) is 0 Å². The molecule has 0 amide bonds. The van der Waals surface area contributed by atoms with Crippen LogP contribution in [0.1, 0.15) is 51.9 Å². The predicted octanol–water partition coefficient (Wildman–Crippen LogP) is 1.76. The maximum atomic E-state index is 12.2. The summed E-state index contributed by atoms with van der Waals surface area (Å²) < 4.78 is 29.4. The molecular formula is C15H27NO4S. The molecule has 0 N–H and O–H groups in total. The first-order valence-electron chi connectivity index (χ1n) is 8.08. The fraction of sp³-hybridized carbons (Fsp3) is 0.933. The summed E-state index contributed by atoms with van der Waals surface area (Å²) in [5.41, 5.74) is -0.534. The molecule has 2 aliphatic heterocycles. The lowest BCUT2D eigenvalue weighted by Crippen LogP contribution is -2.57. The van der Waals surface area contributed by atoms with Gasteiger partial charge in [0.1, 0.15) is 0 Å². The molecule has 0 aliphatic carbocycles. The van der Waals surface area contributed by atoms with E-state index in [1.54, 1.807) is 6.92 Å². The number of nitrogens with zero attached hydrogens (tertiary/aromatic N) is 1. The molecule has 2 fully saturated rings. The molecule has 0 bridgehead atoms. The van der Waals surface area contributed by atoms with Crippen LogP contribution in [0.2, 0.25) is 0 Å². The second-order valence-electron chi connectivity index (χ2n) is 6.30. The Hall–Kier alpha value is -0.620. The van der Waals surface area contributed by atoms with Gasteiger partial charge in [-0.05, 0) is 45.7 Å². The lowest BCUT2D eigenvalue weighted by Gasteiger charge is -2.45. The van der Waals surface area contributed by atoms with Crippen LogP contribution < -0.4 is 0 Å². The zero-order valence-corrected chi connectivity index (χ0v) is 13.8. The molecule has 0 spiro atoms. The molecule has 1 atom stereocenters. The van der Waals surface area contributed by atoms with Crippen molar-refractivity contribution in [2.45, 2.75) is 57.4 Å². The van der Waals surface area contributed by atoms with Crippen LogP contribution in [0, 0.1) is 0 Å². The molecule has 0 saturated carbocycles. The first-order valence-corrected chi connectivity index (χ1v) is 9.91. The Morgan fingerprint density at radius 1 is 1.14 bits per heavy atom. The third-order valence-electron chi connectivity index (χ3n) is 4.64. The van der Waals surface area contributed by atoms with E-state index in [0.29, 0.717) is 13.0 Å². The van der Waals surface area contributed by atoms with Gasteiger partial charge < -0.3 is 4.74 Å². The average molecular weight is 317 g/mol. The van der Waals surface area contributed by atoms with E-state index in [4.69, 9.17) is 4.74 Å². The van der Waals surface area contributed by atoms with Crippen LogP contribution in [-0.4, -0.2) is 56.0 Å². The van der Waals surface area contributed by atoms with Gasteiger partial charge in [0.15, 0.2) is 9.84 Å². The van der Waals surface area contributed by atoms with Crippen LogP contribution in [0.25, 0.3) is 0 Å². The number of carbonyl (C=O) groups is 1. The highest BCUT2D eigenvalue weighted by molar-refractivity contribution is 7.91. The SMILES string of the molecule is CCOC(=O)CC1(N2CCCCCC2)CCCS(=O)(=O)C1. The van der Waals surface area contributed by atoms with Gasteiger partial charge in [-0.2, -0.15) is 0 Å². The lowest BCUT2D eigenvalue weighted by molar-refractivity contribution is -0.146. The van der Waals surface area contributed by atoms with E-state index in [0.717, 1.165) is 32.4 Å². The molecule has 122 valence electrons. The number of sulfone groups is 1. The summed E-state index contributed by atoms with van der Waals surface area (Å²) in [7, 11) is -3.06. The smallest absolute Gasteiger partial charge is 0.307 e. The summed E-state index contributed by atoms with van der Waals surface area (Å²) in [6.45, 7) is 3.93. The molecule has 2 aliphatic rings. The fourth-order valence-electron chi connectivity index (χ4n) is 3.70. The van der Waals surface area contributed by atoms with Gasteiger partial charge in [0, 0.05) is 5.54 Å². The van der Waals surface area contributed by atoms with E-state index in [2.05, 4.69) is 4.90 Å². The second kappa shape index (κ2) is 7.09. The first kappa shape index (κ1) is 16.7. The van der Waals surface area contributed by atoms with E-state index >= 15 is 0 Å². The molecule has 0 aromatic heterocycles. The van der Waals surface area contributed by atoms with Crippen molar-refractivity contribution in [2.75, 3.05) is 31.2 Å². The van der Waals surface area contributed by atoms with Gasteiger partial charge in [-0.1, -0.05) is 12.8 Å². The largest absolute Gasteiger partial charge is 0.466 e. The quantitative estimate of drug-likeness (QED) is 0.739. The van der Waals surface area contributed by atoms with Crippen LogP contribution in [0.15, 0.2) is 0 Å². The molecule has 6 heteroatoms. The van der Waals surface area contributed by atoms with Gasteiger partial charge in [-0.15, -0.1) is 0 Å². The molecule has 0 radical (unpaired) electrons. The minimum absolute atomic E-state index is 0.110. The van der Waals surface area contributed by atoms with Crippen molar-refractivity contribution in [3.8, 4) is 0 Å². The maximum Gasteiger partial charge on any atom is 0.307 e. The van der Waals surface area contributed by atoms with Crippen molar-refractivity contribution in [1.82, 2.24) is 4.90 Å². The van der Waals surface area contributed by atoms with E-state index in [1.165, 1.54) is 12.8 Å². The average Bonchev–Trinajstić information content (AvgIpc) is 2.66. The highest BCUT2D eigenvalue weighted by Crippen LogP contribution is 2.34. The van der Waals surface area contributed by atoms with Crippen molar-refractivity contribution in [1.29, 1.82) is 0 Å². The van der Waals surface area contributed by atoms with Gasteiger partial charge in [0.25, 0.3) is 0 Å². The zero-order chi connectivity index (χ0) is 15.3. The number of hydrogen-bond donors (Lipinski definition) is 0. The fourth-order valence-corrected chi connectivity index (χ4v) is 5.68. The summed E-state index contributed by atoms with van der Waals surface area (Å²) in [6, 6.07) is 0. The summed E-state index contributed by atoms with van der Waals surface area (Å²) >= 11 is 0. The summed E-state index contributed by atoms with van der Waals surface area (Å²) in [5, 5.41) is 0. The van der Waals surface area contributed by atoms with Crippen LogP contribution in [0.5, 0.6) is 0 Å². The standard InChI is InChI=1S/C15H27NO4S/c1-2-20-14(17)12-15(8-7-11-21(18,19)13-15)16-9-5-3-4-6-10-16/h2-13H2,1H3. The van der Waals surface area contributed by atoms with E-state index in [1.807, 2.05) is 0 Å². The van der Waals surface area contributed by atoms with Crippen molar-refractivity contribution >= 4 is 15.8 Å². The maximum absolute atomic E-state index is 12.2. The van der Waals surface area contributed by atoms with Gasteiger partial charge in [-0.25, -0.2) is 8.42 Å². The van der Waals surface area contributed by atoms with E-state index in [9.17, 15) is 13.2 Å². The number of carbonyl (C=O) groups excluding carboxylic acids is 1. The number of esters is 1. The van der Waals surface area contributed by atoms with E-state index in [-0.39, 0.29) is 23.9 Å². The van der Waals surface area contributed by atoms with Crippen LogP contribution in [0.4, 0.5) is 0 Å². The minimum atomic E-state index is -3.06. The Kier molecular flexibility index (Phi) is 5.66. The van der Waals surface area contributed by atoms with Crippen molar-refractivity contribution in [3.63, 3.8) is 0 Å². The lowest BCUT2D eigenvalue weighted by atomic mass is 9.89. The first-order chi connectivity index (χ1) is 9.97. The normalized spacial score (nSPS) is 30.5. The third kappa shape index (κ3) is 4.42.